The van der Waals surface area contributed by atoms with E-state index in [1.54, 1.807) is 0 Å². The minimum absolute atomic E-state index is 0.502. The molecule has 2 aromatic carbocycles. The molecule has 0 saturated carbocycles. The number of nitrogens with zero attached hydrogens (tertiary/aromatic N) is 3. The van der Waals surface area contributed by atoms with Crippen LogP contribution in [0.5, 0.6) is 0 Å². The number of halogens is 1. The van der Waals surface area contributed by atoms with E-state index in [0.717, 1.165) is 33.7 Å². The molecule has 4 rings (SSSR count). The SMILES string of the molecule is ClCCOCCOCCn1c(-c2nc3ccccc3[nH]2)nc2ccccc21. The van der Waals surface area contributed by atoms with Crippen LogP contribution in [0.3, 0.4) is 0 Å². The fourth-order valence-electron chi connectivity index (χ4n) is 3.07. The van der Waals surface area contributed by atoms with Crippen molar-refractivity contribution in [3.8, 4) is 11.6 Å². The lowest BCUT2D eigenvalue weighted by atomic mass is 10.3. The number of alkyl halides is 1. The quantitative estimate of drug-likeness (QED) is 0.351. The van der Waals surface area contributed by atoms with Crippen LogP contribution in [0.2, 0.25) is 0 Å². The highest BCUT2D eigenvalue weighted by Crippen LogP contribution is 2.24. The molecule has 0 spiro atoms. The molecule has 0 bridgehead atoms. The van der Waals surface area contributed by atoms with Crippen LogP contribution in [-0.4, -0.2) is 51.8 Å². The number of aromatic amines is 1. The van der Waals surface area contributed by atoms with Gasteiger partial charge in [-0.1, -0.05) is 24.3 Å². The number of fused-ring (bicyclic) bond motifs is 2. The van der Waals surface area contributed by atoms with Crippen LogP contribution in [0.25, 0.3) is 33.7 Å². The third kappa shape index (κ3) is 3.98. The van der Waals surface area contributed by atoms with E-state index in [0.29, 0.717) is 38.9 Å². The van der Waals surface area contributed by atoms with Crippen molar-refractivity contribution in [2.75, 3.05) is 32.3 Å². The summed E-state index contributed by atoms with van der Waals surface area (Å²) in [5, 5.41) is 0. The van der Waals surface area contributed by atoms with Crippen molar-refractivity contribution in [2.45, 2.75) is 6.54 Å². The van der Waals surface area contributed by atoms with Gasteiger partial charge in [-0.15, -0.1) is 11.6 Å². The fourth-order valence-corrected chi connectivity index (χ4v) is 3.18. The smallest absolute Gasteiger partial charge is 0.177 e. The molecular weight excluding hydrogens is 364 g/mol. The first-order chi connectivity index (χ1) is 13.4. The molecular formula is C20H21ClN4O2. The lowest BCUT2D eigenvalue weighted by Crippen LogP contribution is -2.11. The van der Waals surface area contributed by atoms with Crippen LogP contribution in [0, 0.1) is 0 Å². The van der Waals surface area contributed by atoms with Crippen LogP contribution in [-0.2, 0) is 16.0 Å². The average molecular weight is 385 g/mol. The predicted octanol–water partition coefficient (Wildman–Crippen LogP) is 3.85. The summed E-state index contributed by atoms with van der Waals surface area (Å²) in [6.45, 7) is 2.89. The number of nitrogens with one attached hydrogen (secondary N) is 1. The monoisotopic (exact) mass is 384 g/mol. The van der Waals surface area contributed by atoms with Crippen molar-refractivity contribution < 1.29 is 9.47 Å². The molecule has 0 amide bonds. The lowest BCUT2D eigenvalue weighted by molar-refractivity contribution is 0.0507. The number of para-hydroxylation sites is 4. The summed E-state index contributed by atoms with van der Waals surface area (Å²) < 4.78 is 13.2. The molecule has 0 aliphatic heterocycles. The number of imidazole rings is 2. The standard InChI is InChI=1S/C20H21ClN4O2/c21-9-11-26-13-14-27-12-10-25-18-8-4-3-7-17(18)24-20(25)19-22-15-5-1-2-6-16(15)23-19/h1-8H,9-14H2,(H,22,23). The summed E-state index contributed by atoms with van der Waals surface area (Å²) >= 11 is 5.58. The highest BCUT2D eigenvalue weighted by molar-refractivity contribution is 6.17. The number of rotatable bonds is 9. The molecule has 1 N–H and O–H groups in total. The zero-order valence-electron chi connectivity index (χ0n) is 14.9. The maximum atomic E-state index is 5.70. The molecule has 7 heteroatoms. The van der Waals surface area contributed by atoms with Gasteiger partial charge < -0.3 is 19.0 Å². The Labute approximate surface area is 162 Å². The van der Waals surface area contributed by atoms with E-state index in [-0.39, 0.29) is 0 Å². The van der Waals surface area contributed by atoms with Gasteiger partial charge in [-0.25, -0.2) is 9.97 Å². The van der Waals surface area contributed by atoms with Crippen molar-refractivity contribution in [1.29, 1.82) is 0 Å². The van der Waals surface area contributed by atoms with E-state index in [1.165, 1.54) is 0 Å². The Balaban J connectivity index is 1.56. The van der Waals surface area contributed by atoms with E-state index in [1.807, 2.05) is 42.5 Å². The minimum Gasteiger partial charge on any atom is -0.378 e. The van der Waals surface area contributed by atoms with Gasteiger partial charge in [0.25, 0.3) is 0 Å². The van der Waals surface area contributed by atoms with Crippen molar-refractivity contribution in [3.63, 3.8) is 0 Å². The van der Waals surface area contributed by atoms with Gasteiger partial charge in [0.1, 0.15) is 0 Å². The highest BCUT2D eigenvalue weighted by atomic mass is 35.5. The van der Waals surface area contributed by atoms with E-state index in [9.17, 15) is 0 Å². The van der Waals surface area contributed by atoms with Crippen LogP contribution >= 0.6 is 11.6 Å². The first-order valence-corrected chi connectivity index (χ1v) is 9.52. The van der Waals surface area contributed by atoms with Gasteiger partial charge in [-0.05, 0) is 24.3 Å². The number of ether oxygens (including phenoxy) is 2. The lowest BCUT2D eigenvalue weighted by Gasteiger charge is -2.09. The third-order valence-corrected chi connectivity index (χ3v) is 4.46. The van der Waals surface area contributed by atoms with Gasteiger partial charge in [0.2, 0.25) is 0 Å². The topological polar surface area (TPSA) is 65.0 Å². The molecule has 2 aromatic heterocycles. The van der Waals surface area contributed by atoms with E-state index in [2.05, 4.69) is 15.6 Å². The second-order valence-electron chi connectivity index (χ2n) is 6.09. The van der Waals surface area contributed by atoms with Crippen LogP contribution < -0.4 is 0 Å². The molecule has 140 valence electrons. The van der Waals surface area contributed by atoms with Crippen molar-refractivity contribution >= 4 is 33.7 Å². The molecule has 0 aliphatic carbocycles. The molecule has 27 heavy (non-hydrogen) atoms. The van der Waals surface area contributed by atoms with Gasteiger partial charge in [0.15, 0.2) is 11.6 Å². The van der Waals surface area contributed by atoms with Crippen LogP contribution in [0.4, 0.5) is 0 Å². The maximum absolute atomic E-state index is 5.70. The van der Waals surface area contributed by atoms with Gasteiger partial charge in [-0.2, -0.15) is 0 Å². The molecule has 0 saturated heterocycles. The molecule has 0 aliphatic rings. The second-order valence-corrected chi connectivity index (χ2v) is 6.47. The van der Waals surface area contributed by atoms with E-state index >= 15 is 0 Å². The summed E-state index contributed by atoms with van der Waals surface area (Å²) in [5.74, 6) is 2.08. The zero-order valence-corrected chi connectivity index (χ0v) is 15.7. The molecule has 0 radical (unpaired) electrons. The number of hydrogen-bond donors (Lipinski definition) is 1. The Hall–Kier alpha value is -2.41. The zero-order chi connectivity index (χ0) is 18.5. The molecule has 0 atom stereocenters. The largest absolute Gasteiger partial charge is 0.378 e. The maximum Gasteiger partial charge on any atom is 0.177 e. The number of hydrogen-bond acceptors (Lipinski definition) is 4. The summed E-state index contributed by atoms with van der Waals surface area (Å²) in [4.78, 5) is 12.9. The minimum atomic E-state index is 0.502. The number of aromatic nitrogens is 4. The average Bonchev–Trinajstić information content (AvgIpc) is 3.28. The second kappa shape index (κ2) is 8.52. The Morgan fingerprint density at radius 2 is 1.59 bits per heavy atom. The van der Waals surface area contributed by atoms with E-state index in [4.69, 9.17) is 31.0 Å². The Bertz CT molecular complexity index is 994. The van der Waals surface area contributed by atoms with Crippen molar-refractivity contribution in [1.82, 2.24) is 19.5 Å². The summed E-state index contributed by atoms with van der Waals surface area (Å²) in [6, 6.07) is 16.1. The van der Waals surface area contributed by atoms with Gasteiger partial charge in [0.05, 0.1) is 48.5 Å². The summed E-state index contributed by atoms with van der Waals surface area (Å²) in [6.07, 6.45) is 0. The first kappa shape index (κ1) is 18.0. The van der Waals surface area contributed by atoms with Crippen molar-refractivity contribution in [3.05, 3.63) is 48.5 Å². The Kier molecular flexibility index (Phi) is 5.67. The first-order valence-electron chi connectivity index (χ1n) is 8.98. The molecule has 6 nitrogen and oxygen atoms in total. The molecule has 0 unspecified atom stereocenters. The predicted molar refractivity (Wildman–Crippen MR) is 107 cm³/mol. The number of benzene rings is 2. The summed E-state index contributed by atoms with van der Waals surface area (Å²) in [7, 11) is 0. The Morgan fingerprint density at radius 1 is 0.852 bits per heavy atom. The Morgan fingerprint density at radius 3 is 2.41 bits per heavy atom. The van der Waals surface area contributed by atoms with E-state index < -0.39 is 0 Å². The van der Waals surface area contributed by atoms with Crippen LogP contribution in [0.15, 0.2) is 48.5 Å². The van der Waals surface area contributed by atoms with Gasteiger partial charge in [-0.3, -0.25) is 0 Å². The number of H-pyrrole nitrogens is 1. The van der Waals surface area contributed by atoms with Gasteiger partial charge >= 0.3 is 0 Å². The van der Waals surface area contributed by atoms with Crippen LogP contribution in [0.1, 0.15) is 0 Å². The van der Waals surface area contributed by atoms with Gasteiger partial charge in [0, 0.05) is 12.4 Å². The molecule has 2 heterocycles. The normalized spacial score (nSPS) is 11.6. The molecule has 0 fully saturated rings. The highest BCUT2D eigenvalue weighted by Gasteiger charge is 2.15. The molecule has 4 aromatic rings. The third-order valence-electron chi connectivity index (χ3n) is 4.31. The summed E-state index contributed by atoms with van der Waals surface area (Å²) in [5.41, 5.74) is 3.94. The fraction of sp³-hybridized carbons (Fsp3) is 0.300. The van der Waals surface area contributed by atoms with Crippen molar-refractivity contribution in [2.24, 2.45) is 0 Å².